The molecule has 4 N–H and O–H groups in total. The minimum atomic E-state index is -1.45. The van der Waals surface area contributed by atoms with Crippen molar-refractivity contribution in [1.82, 2.24) is 4.90 Å². The lowest BCUT2D eigenvalue weighted by Crippen LogP contribution is -3.00. The third-order valence-electron chi connectivity index (χ3n) is 6.39. The Labute approximate surface area is 155 Å². The molecule has 27 heavy (non-hydrogen) atoms. The van der Waals surface area contributed by atoms with Crippen LogP contribution in [0.1, 0.15) is 32.8 Å². The minimum Gasteiger partial charge on any atom is -0.387 e. The van der Waals surface area contributed by atoms with E-state index in [0.717, 1.165) is 0 Å². The number of nitrogens with zero attached hydrogens (tertiary/aromatic N) is 1. The Kier molecular flexibility index (Phi) is 3.91. The van der Waals surface area contributed by atoms with Gasteiger partial charge in [0.25, 0.3) is 5.91 Å². The Balaban J connectivity index is 1.92. The van der Waals surface area contributed by atoms with Gasteiger partial charge >= 0.3 is 0 Å². The van der Waals surface area contributed by atoms with Crippen LogP contribution in [0.15, 0.2) is 18.2 Å². The van der Waals surface area contributed by atoms with Gasteiger partial charge in [-0.05, 0) is 38.5 Å². The molecule has 8 heteroatoms. The van der Waals surface area contributed by atoms with Gasteiger partial charge in [0.15, 0.2) is 0 Å². The summed E-state index contributed by atoms with van der Waals surface area (Å²) in [5.41, 5.74) is -0.652. The van der Waals surface area contributed by atoms with Gasteiger partial charge in [-0.1, -0.05) is 6.92 Å². The van der Waals surface area contributed by atoms with Crippen molar-refractivity contribution in [2.24, 2.45) is 11.8 Å². The number of imide groups is 1. The zero-order chi connectivity index (χ0) is 19.7. The van der Waals surface area contributed by atoms with E-state index in [9.17, 15) is 23.9 Å². The fraction of sp³-hybridized carbons (Fsp3) is 0.526. The number of carbonyl (C=O) groups excluding carboxylic acids is 3. The zero-order valence-corrected chi connectivity index (χ0v) is 15.4. The number of aliphatic hydroxyl groups is 1. The predicted molar refractivity (Wildman–Crippen MR) is 92.7 cm³/mol. The Morgan fingerprint density at radius 1 is 1.30 bits per heavy atom. The van der Waals surface area contributed by atoms with Crippen LogP contribution in [-0.4, -0.2) is 45.9 Å². The van der Waals surface area contributed by atoms with Crippen LogP contribution in [0.4, 0.5) is 10.1 Å². The number of amides is 3. The van der Waals surface area contributed by atoms with Crippen molar-refractivity contribution in [3.05, 3.63) is 29.6 Å². The fourth-order valence-corrected chi connectivity index (χ4v) is 4.94. The standard InChI is InChI=1S/C19H22FN3O4/c1-4-8(2)23-16(25)13-14(17(23)26)19(22-15(13)9(3)24)11-7-10(20)5-6-12(11)21-18(19)27/h5-9,13-15,22,24H,4H2,1-3H3,(H,21,27)/p+1/t8-,9+,13-,14-,15+,19+/m0/s1. The molecule has 3 amide bonds. The zero-order valence-electron chi connectivity index (χ0n) is 15.4. The van der Waals surface area contributed by atoms with Crippen LogP contribution < -0.4 is 10.6 Å². The number of fused-ring (bicyclic) bond motifs is 4. The van der Waals surface area contributed by atoms with E-state index in [-0.39, 0.29) is 11.9 Å². The summed E-state index contributed by atoms with van der Waals surface area (Å²) >= 11 is 0. The van der Waals surface area contributed by atoms with Crippen LogP contribution in [0.2, 0.25) is 0 Å². The van der Waals surface area contributed by atoms with Crippen molar-refractivity contribution < 1.29 is 29.2 Å². The highest BCUT2D eigenvalue weighted by molar-refractivity contribution is 6.14. The summed E-state index contributed by atoms with van der Waals surface area (Å²) in [6, 6.07) is 2.97. The number of nitrogens with two attached hydrogens (primary N) is 1. The first-order chi connectivity index (χ1) is 12.7. The van der Waals surface area contributed by atoms with Gasteiger partial charge in [-0.15, -0.1) is 0 Å². The number of carbonyl (C=O) groups is 3. The Bertz CT molecular complexity index is 857. The van der Waals surface area contributed by atoms with E-state index in [1.54, 1.807) is 19.2 Å². The molecule has 3 heterocycles. The third-order valence-corrected chi connectivity index (χ3v) is 6.39. The minimum absolute atomic E-state index is 0.307. The number of rotatable bonds is 3. The molecule has 1 aromatic carbocycles. The van der Waals surface area contributed by atoms with Crippen LogP contribution in [-0.2, 0) is 19.9 Å². The summed E-state index contributed by atoms with van der Waals surface area (Å²) in [4.78, 5) is 40.7. The molecule has 1 aromatic rings. The molecule has 7 nitrogen and oxygen atoms in total. The van der Waals surface area contributed by atoms with Crippen molar-refractivity contribution in [3.63, 3.8) is 0 Å². The highest BCUT2D eigenvalue weighted by Gasteiger charge is 2.75. The third kappa shape index (κ3) is 2.17. The Morgan fingerprint density at radius 2 is 2.00 bits per heavy atom. The molecule has 0 aliphatic carbocycles. The molecule has 144 valence electrons. The van der Waals surface area contributed by atoms with Crippen LogP contribution >= 0.6 is 0 Å². The van der Waals surface area contributed by atoms with Crippen LogP contribution in [0.25, 0.3) is 0 Å². The molecule has 3 aliphatic heterocycles. The van der Waals surface area contributed by atoms with Crippen LogP contribution in [0, 0.1) is 17.7 Å². The first-order valence-corrected chi connectivity index (χ1v) is 9.26. The molecular weight excluding hydrogens is 353 g/mol. The lowest BCUT2D eigenvalue weighted by Gasteiger charge is -2.29. The maximum Gasteiger partial charge on any atom is 0.291 e. The fourth-order valence-electron chi connectivity index (χ4n) is 4.94. The maximum atomic E-state index is 14.0. The van der Waals surface area contributed by atoms with E-state index in [2.05, 4.69) is 5.32 Å². The summed E-state index contributed by atoms with van der Waals surface area (Å²) in [5, 5.41) is 14.6. The molecule has 3 aliphatic rings. The molecule has 0 radical (unpaired) electrons. The molecule has 0 saturated carbocycles. The highest BCUT2D eigenvalue weighted by atomic mass is 19.1. The number of aliphatic hydroxyl groups excluding tert-OH is 1. The number of hydrogen-bond acceptors (Lipinski definition) is 4. The van der Waals surface area contributed by atoms with Crippen molar-refractivity contribution in [1.29, 1.82) is 0 Å². The maximum absolute atomic E-state index is 14.0. The summed E-state index contributed by atoms with van der Waals surface area (Å²) in [5.74, 6) is -3.56. The van der Waals surface area contributed by atoms with Gasteiger partial charge in [0.2, 0.25) is 17.4 Å². The van der Waals surface area contributed by atoms with Crippen LogP contribution in [0.3, 0.4) is 0 Å². The average Bonchev–Trinajstić information content (AvgIpc) is 3.20. The number of halogens is 1. The topological polar surface area (TPSA) is 103 Å². The van der Waals surface area contributed by atoms with Crippen molar-refractivity contribution in [2.75, 3.05) is 5.32 Å². The number of hydrogen-bond donors (Lipinski definition) is 3. The van der Waals surface area contributed by atoms with Crippen molar-refractivity contribution in [2.45, 2.75) is 50.9 Å². The van der Waals surface area contributed by atoms with Gasteiger partial charge in [-0.2, -0.15) is 0 Å². The number of quaternary nitrogens is 1. The number of benzene rings is 1. The SMILES string of the molecule is CC[C@H](C)N1C(=O)[C@@H]2[C@@H]([C@@H](C)O)[NH2+][C@@]3(C(=O)Nc4ccc(F)cc43)[C@@H]2C1=O. The van der Waals surface area contributed by atoms with E-state index in [1.807, 2.05) is 6.92 Å². The first-order valence-electron chi connectivity index (χ1n) is 9.26. The van der Waals surface area contributed by atoms with E-state index in [4.69, 9.17) is 0 Å². The summed E-state index contributed by atoms with van der Waals surface area (Å²) < 4.78 is 14.0. The Morgan fingerprint density at radius 3 is 2.63 bits per heavy atom. The van der Waals surface area contributed by atoms with Gasteiger partial charge in [-0.3, -0.25) is 19.3 Å². The molecule has 1 spiro atoms. The second-order valence-electron chi connectivity index (χ2n) is 7.80. The van der Waals surface area contributed by atoms with Gasteiger partial charge < -0.3 is 15.7 Å². The molecular formula is C19H23FN3O4+. The number of nitrogens with one attached hydrogen (secondary N) is 1. The number of anilines is 1. The van der Waals surface area contributed by atoms with Crippen molar-refractivity contribution in [3.8, 4) is 0 Å². The van der Waals surface area contributed by atoms with E-state index in [1.165, 1.54) is 23.1 Å². The second-order valence-corrected chi connectivity index (χ2v) is 7.80. The van der Waals surface area contributed by atoms with Gasteiger partial charge in [-0.25, -0.2) is 4.39 Å². The molecule has 0 aromatic heterocycles. The van der Waals surface area contributed by atoms with E-state index >= 15 is 0 Å². The molecule has 4 rings (SSSR count). The lowest BCUT2D eigenvalue weighted by molar-refractivity contribution is -0.738. The summed E-state index contributed by atoms with van der Waals surface area (Å²) in [6.07, 6.45) is -0.333. The smallest absolute Gasteiger partial charge is 0.291 e. The highest BCUT2D eigenvalue weighted by Crippen LogP contribution is 2.49. The molecule has 6 atom stereocenters. The van der Waals surface area contributed by atoms with Gasteiger partial charge in [0.1, 0.15) is 29.8 Å². The molecule has 0 unspecified atom stereocenters. The van der Waals surface area contributed by atoms with E-state index in [0.29, 0.717) is 17.7 Å². The number of likely N-dealkylation sites (tertiary alicyclic amines) is 1. The quantitative estimate of drug-likeness (QED) is 0.630. The average molecular weight is 376 g/mol. The molecule has 0 bridgehead atoms. The van der Waals surface area contributed by atoms with Gasteiger partial charge in [0, 0.05) is 11.6 Å². The van der Waals surface area contributed by atoms with Crippen LogP contribution in [0.5, 0.6) is 0 Å². The first kappa shape index (κ1) is 18.1. The van der Waals surface area contributed by atoms with Crippen molar-refractivity contribution >= 4 is 23.4 Å². The van der Waals surface area contributed by atoms with E-state index < -0.39 is 47.2 Å². The second kappa shape index (κ2) is 5.84. The molecule has 2 fully saturated rings. The molecule has 2 saturated heterocycles. The lowest BCUT2D eigenvalue weighted by atomic mass is 9.76. The monoisotopic (exact) mass is 376 g/mol. The normalized spacial score (nSPS) is 34.0. The Hall–Kier alpha value is -2.32. The van der Waals surface area contributed by atoms with Gasteiger partial charge in [0.05, 0.1) is 5.69 Å². The summed E-state index contributed by atoms with van der Waals surface area (Å²) in [6.45, 7) is 5.20. The largest absolute Gasteiger partial charge is 0.387 e. The summed E-state index contributed by atoms with van der Waals surface area (Å²) in [7, 11) is 0. The predicted octanol–water partition coefficient (Wildman–Crippen LogP) is -0.301.